The summed E-state index contributed by atoms with van der Waals surface area (Å²) < 4.78 is 8.33. The van der Waals surface area contributed by atoms with Crippen molar-refractivity contribution in [2.45, 2.75) is 19.6 Å². The zero-order valence-electron chi connectivity index (χ0n) is 14.1. The van der Waals surface area contributed by atoms with Crippen molar-refractivity contribution in [1.82, 2.24) is 14.8 Å². The van der Waals surface area contributed by atoms with E-state index < -0.39 is 6.10 Å². The summed E-state index contributed by atoms with van der Waals surface area (Å²) in [6, 6.07) is 5.59. The van der Waals surface area contributed by atoms with Gasteiger partial charge in [-0.3, -0.25) is 0 Å². The molecule has 0 bridgehead atoms. The fraction of sp³-hybridized carbons (Fsp3) is 0.438. The Hall–Kier alpha value is -1.000. The molecule has 1 unspecified atom stereocenters. The van der Waals surface area contributed by atoms with Gasteiger partial charge < -0.3 is 24.3 Å². The fourth-order valence-electron chi connectivity index (χ4n) is 2.25. The molecular formula is C16H24BrIN4O2. The number of halogens is 2. The van der Waals surface area contributed by atoms with Crippen LogP contribution in [-0.4, -0.2) is 40.7 Å². The average molecular weight is 511 g/mol. The van der Waals surface area contributed by atoms with Crippen LogP contribution in [-0.2, 0) is 13.6 Å². The molecule has 0 radical (unpaired) electrons. The summed E-state index contributed by atoms with van der Waals surface area (Å²) in [5.74, 6) is 1.27. The van der Waals surface area contributed by atoms with E-state index in [1.807, 2.05) is 32.1 Å². The maximum atomic E-state index is 10.1. The molecule has 6 nitrogen and oxygen atoms in total. The maximum absolute atomic E-state index is 10.1. The number of aromatic nitrogens is 1. The van der Waals surface area contributed by atoms with Crippen molar-refractivity contribution in [3.05, 3.63) is 46.6 Å². The Balaban J connectivity index is 0.00000288. The Morgan fingerprint density at radius 3 is 2.83 bits per heavy atom. The second-order valence-corrected chi connectivity index (χ2v) is 6.26. The van der Waals surface area contributed by atoms with Gasteiger partial charge in [0.2, 0.25) is 0 Å². The fourth-order valence-corrected chi connectivity index (χ4v) is 2.83. The summed E-state index contributed by atoms with van der Waals surface area (Å²) in [5, 5.41) is 13.3. The van der Waals surface area contributed by atoms with E-state index in [2.05, 4.69) is 36.9 Å². The number of nitrogens with zero attached hydrogens (tertiary/aromatic N) is 3. The van der Waals surface area contributed by atoms with Crippen molar-refractivity contribution >= 4 is 45.9 Å². The maximum Gasteiger partial charge on any atom is 0.194 e. The number of furan rings is 1. The smallest absolute Gasteiger partial charge is 0.194 e. The number of aryl methyl sites for hydroxylation is 1. The third-order valence-corrected chi connectivity index (χ3v) is 3.89. The quantitative estimate of drug-likeness (QED) is 0.356. The molecule has 0 aliphatic rings. The molecule has 2 aromatic heterocycles. The van der Waals surface area contributed by atoms with E-state index in [4.69, 9.17) is 4.42 Å². The van der Waals surface area contributed by atoms with Gasteiger partial charge in [0.05, 0.1) is 19.4 Å². The molecule has 134 valence electrons. The zero-order chi connectivity index (χ0) is 16.8. The summed E-state index contributed by atoms with van der Waals surface area (Å²) in [4.78, 5) is 6.53. The molecule has 2 heterocycles. The summed E-state index contributed by atoms with van der Waals surface area (Å²) in [6.45, 7) is 3.74. The molecule has 8 heteroatoms. The van der Waals surface area contributed by atoms with Gasteiger partial charge in [-0.15, -0.1) is 24.0 Å². The lowest BCUT2D eigenvalue weighted by Crippen LogP contribution is -2.39. The first-order valence-electron chi connectivity index (χ1n) is 7.53. The zero-order valence-corrected chi connectivity index (χ0v) is 18.0. The van der Waals surface area contributed by atoms with Crippen molar-refractivity contribution in [1.29, 1.82) is 0 Å². The topological polar surface area (TPSA) is 65.9 Å². The second-order valence-electron chi connectivity index (χ2n) is 5.34. The number of aliphatic hydroxyl groups is 1. The Kier molecular flexibility index (Phi) is 8.85. The van der Waals surface area contributed by atoms with Gasteiger partial charge in [-0.25, -0.2) is 4.99 Å². The average Bonchev–Trinajstić information content (AvgIpc) is 3.13. The van der Waals surface area contributed by atoms with Crippen molar-refractivity contribution in [3.8, 4) is 0 Å². The summed E-state index contributed by atoms with van der Waals surface area (Å²) >= 11 is 3.48. The minimum absolute atomic E-state index is 0. The van der Waals surface area contributed by atoms with Crippen LogP contribution in [0.25, 0.3) is 0 Å². The molecule has 2 aromatic rings. The van der Waals surface area contributed by atoms with Gasteiger partial charge in [0.15, 0.2) is 5.96 Å². The Morgan fingerprint density at radius 1 is 1.54 bits per heavy atom. The lowest BCUT2D eigenvalue weighted by molar-refractivity contribution is 0.158. The van der Waals surface area contributed by atoms with Crippen molar-refractivity contribution < 1.29 is 9.52 Å². The molecule has 2 N–H and O–H groups in total. The predicted molar refractivity (Wildman–Crippen MR) is 110 cm³/mol. The summed E-state index contributed by atoms with van der Waals surface area (Å²) in [6.07, 6.45) is 2.83. The minimum atomic E-state index is -0.740. The molecule has 0 aliphatic heterocycles. The van der Waals surface area contributed by atoms with Gasteiger partial charge in [-0.2, -0.15) is 0 Å². The Morgan fingerprint density at radius 2 is 2.29 bits per heavy atom. The van der Waals surface area contributed by atoms with Crippen LogP contribution in [0, 0.1) is 0 Å². The monoisotopic (exact) mass is 510 g/mol. The van der Waals surface area contributed by atoms with Gasteiger partial charge in [0.1, 0.15) is 11.9 Å². The van der Waals surface area contributed by atoms with E-state index in [9.17, 15) is 5.11 Å². The van der Waals surface area contributed by atoms with Gasteiger partial charge in [-0.05, 0) is 41.1 Å². The van der Waals surface area contributed by atoms with Crippen LogP contribution in [0.5, 0.6) is 0 Å². The van der Waals surface area contributed by atoms with E-state index in [1.54, 1.807) is 18.4 Å². The van der Waals surface area contributed by atoms with Crippen molar-refractivity contribution in [2.75, 3.05) is 20.1 Å². The molecule has 0 spiro atoms. The van der Waals surface area contributed by atoms with E-state index in [-0.39, 0.29) is 30.5 Å². The standard InChI is InChI=1S/C16H23BrN4O2.HI/c1-4-18-16(19-9-14(22)15-6-5-7-23-15)21(3)11-13-8-12(17)10-20(13)2;/h5-8,10,14,22H,4,9,11H2,1-3H3,(H,18,19);1H. The van der Waals surface area contributed by atoms with E-state index in [0.29, 0.717) is 12.3 Å². The van der Waals surface area contributed by atoms with E-state index >= 15 is 0 Å². The Labute approximate surface area is 168 Å². The van der Waals surface area contributed by atoms with Crippen LogP contribution < -0.4 is 5.32 Å². The second kappa shape index (κ2) is 10.1. The van der Waals surface area contributed by atoms with Crippen LogP contribution >= 0.6 is 39.9 Å². The minimum Gasteiger partial charge on any atom is -0.467 e. The molecule has 0 fully saturated rings. The summed E-state index contributed by atoms with van der Waals surface area (Å²) in [7, 11) is 3.99. The van der Waals surface area contributed by atoms with Crippen molar-refractivity contribution in [3.63, 3.8) is 0 Å². The number of nitrogens with one attached hydrogen (secondary N) is 1. The first-order valence-corrected chi connectivity index (χ1v) is 8.32. The molecule has 0 amide bonds. The van der Waals surface area contributed by atoms with Crippen LogP contribution in [0.4, 0.5) is 0 Å². The number of hydrogen-bond donors (Lipinski definition) is 2. The normalized spacial score (nSPS) is 12.6. The number of rotatable bonds is 6. The van der Waals surface area contributed by atoms with Gasteiger partial charge in [0, 0.05) is 37.0 Å². The Bertz CT molecular complexity index is 643. The van der Waals surface area contributed by atoms with Gasteiger partial charge >= 0.3 is 0 Å². The molecule has 0 aromatic carbocycles. The highest BCUT2D eigenvalue weighted by atomic mass is 127. The highest BCUT2D eigenvalue weighted by Gasteiger charge is 2.13. The highest BCUT2D eigenvalue weighted by molar-refractivity contribution is 14.0. The largest absolute Gasteiger partial charge is 0.467 e. The third-order valence-electron chi connectivity index (χ3n) is 3.46. The molecule has 0 saturated carbocycles. The number of aliphatic imine (C=N–C) groups is 1. The van der Waals surface area contributed by atoms with E-state index in [1.165, 1.54) is 0 Å². The summed E-state index contributed by atoms with van der Waals surface area (Å²) in [5.41, 5.74) is 1.16. The van der Waals surface area contributed by atoms with E-state index in [0.717, 1.165) is 22.7 Å². The van der Waals surface area contributed by atoms with Crippen LogP contribution in [0.15, 0.2) is 44.5 Å². The highest BCUT2D eigenvalue weighted by Crippen LogP contribution is 2.16. The molecule has 2 rings (SSSR count). The molecule has 0 aliphatic carbocycles. The van der Waals surface area contributed by atoms with Crippen LogP contribution in [0.1, 0.15) is 24.5 Å². The van der Waals surface area contributed by atoms with Crippen LogP contribution in [0.2, 0.25) is 0 Å². The predicted octanol–water partition coefficient (Wildman–Crippen LogP) is 3.13. The molecule has 24 heavy (non-hydrogen) atoms. The first-order chi connectivity index (χ1) is 11.0. The number of aliphatic hydroxyl groups excluding tert-OH is 1. The molecule has 0 saturated heterocycles. The first kappa shape index (κ1) is 21.0. The molecular weight excluding hydrogens is 487 g/mol. The van der Waals surface area contributed by atoms with Crippen LogP contribution in [0.3, 0.4) is 0 Å². The third kappa shape index (κ3) is 5.82. The number of guanidine groups is 1. The molecule has 1 atom stereocenters. The SMILES string of the molecule is CCNC(=NCC(O)c1ccco1)N(C)Cc1cc(Br)cn1C.I. The van der Waals surface area contributed by atoms with Gasteiger partial charge in [-0.1, -0.05) is 0 Å². The number of hydrogen-bond acceptors (Lipinski definition) is 3. The van der Waals surface area contributed by atoms with Crippen molar-refractivity contribution in [2.24, 2.45) is 12.0 Å². The lowest BCUT2D eigenvalue weighted by Gasteiger charge is -2.22. The lowest BCUT2D eigenvalue weighted by atomic mass is 10.3. The van der Waals surface area contributed by atoms with Gasteiger partial charge in [0.25, 0.3) is 0 Å².